The number of carbonyl (C=O) groups is 1. The number of carbonyl (C=O) groups excluding carboxylic acids is 1. The van der Waals surface area contributed by atoms with Crippen molar-refractivity contribution < 1.29 is 4.79 Å². The zero-order valence-corrected chi connectivity index (χ0v) is 11.5. The Balaban J connectivity index is 2.13. The summed E-state index contributed by atoms with van der Waals surface area (Å²) in [7, 11) is 0. The molecule has 0 unspecified atom stereocenters. The first-order valence-corrected chi connectivity index (χ1v) is 6.65. The molecule has 2 heteroatoms. The van der Waals surface area contributed by atoms with Gasteiger partial charge < -0.3 is 5.32 Å². The molecule has 1 amide bonds. The maximum Gasteiger partial charge on any atom is 0.216 e. The topological polar surface area (TPSA) is 29.1 Å². The van der Waals surface area contributed by atoms with E-state index in [1.165, 1.54) is 12.5 Å². The molecule has 0 atom stereocenters. The van der Waals surface area contributed by atoms with Crippen LogP contribution in [-0.4, -0.2) is 12.5 Å². The minimum Gasteiger partial charge on any atom is -0.355 e. The van der Waals surface area contributed by atoms with Gasteiger partial charge in [0, 0.05) is 25.5 Å². The van der Waals surface area contributed by atoms with E-state index in [0.717, 1.165) is 11.1 Å². The fourth-order valence-corrected chi connectivity index (χ4v) is 1.92. The molecule has 2 aromatic carbocycles. The van der Waals surface area contributed by atoms with Gasteiger partial charge in [0.05, 0.1) is 0 Å². The summed E-state index contributed by atoms with van der Waals surface area (Å²) in [4.78, 5) is 10.8. The van der Waals surface area contributed by atoms with Crippen molar-refractivity contribution in [1.29, 1.82) is 0 Å². The second-order valence-electron chi connectivity index (χ2n) is 4.45. The van der Waals surface area contributed by atoms with E-state index in [9.17, 15) is 4.79 Å². The van der Waals surface area contributed by atoms with Crippen LogP contribution in [-0.2, 0) is 4.79 Å². The van der Waals surface area contributed by atoms with Crippen LogP contribution >= 0.6 is 0 Å². The molecule has 2 nitrogen and oxygen atoms in total. The maximum absolute atomic E-state index is 10.8. The average molecular weight is 263 g/mol. The monoisotopic (exact) mass is 263 g/mol. The third-order valence-electron chi connectivity index (χ3n) is 2.86. The summed E-state index contributed by atoms with van der Waals surface area (Å²) in [5, 5.41) is 2.74. The van der Waals surface area contributed by atoms with Gasteiger partial charge in [-0.1, -0.05) is 60.4 Å². The van der Waals surface area contributed by atoms with E-state index in [0.29, 0.717) is 13.0 Å². The molecule has 0 fully saturated rings. The minimum absolute atomic E-state index is 0.0171. The first-order chi connectivity index (χ1) is 9.77. The summed E-state index contributed by atoms with van der Waals surface area (Å²) in [6, 6.07) is 18.3. The summed E-state index contributed by atoms with van der Waals surface area (Å²) in [6.07, 6.45) is 0.655. The van der Waals surface area contributed by atoms with Gasteiger partial charge in [0.25, 0.3) is 0 Å². The van der Waals surface area contributed by atoms with Crippen LogP contribution in [0.3, 0.4) is 0 Å². The van der Waals surface area contributed by atoms with Crippen molar-refractivity contribution in [2.45, 2.75) is 13.3 Å². The highest BCUT2D eigenvalue weighted by atomic mass is 16.1. The van der Waals surface area contributed by atoms with Crippen molar-refractivity contribution in [2.75, 3.05) is 6.54 Å². The molecular weight excluding hydrogens is 246 g/mol. The Morgan fingerprint density at radius 2 is 1.75 bits per heavy atom. The highest BCUT2D eigenvalue weighted by Crippen LogP contribution is 2.22. The van der Waals surface area contributed by atoms with Crippen LogP contribution in [0, 0.1) is 11.8 Å². The van der Waals surface area contributed by atoms with Crippen LogP contribution in [0.2, 0.25) is 0 Å². The van der Waals surface area contributed by atoms with E-state index in [-0.39, 0.29) is 5.91 Å². The molecule has 0 aromatic heterocycles. The zero-order valence-electron chi connectivity index (χ0n) is 11.5. The third-order valence-corrected chi connectivity index (χ3v) is 2.86. The Labute approximate surface area is 119 Å². The van der Waals surface area contributed by atoms with E-state index < -0.39 is 0 Å². The number of hydrogen-bond acceptors (Lipinski definition) is 1. The van der Waals surface area contributed by atoms with E-state index >= 15 is 0 Å². The highest BCUT2D eigenvalue weighted by molar-refractivity contribution is 5.73. The molecule has 0 bridgehead atoms. The van der Waals surface area contributed by atoms with E-state index in [4.69, 9.17) is 0 Å². The second kappa shape index (κ2) is 7.16. The van der Waals surface area contributed by atoms with Gasteiger partial charge in [-0.2, -0.15) is 0 Å². The van der Waals surface area contributed by atoms with Gasteiger partial charge in [-0.15, -0.1) is 0 Å². The molecule has 2 aromatic rings. The molecule has 2 rings (SSSR count). The lowest BCUT2D eigenvalue weighted by atomic mass is 10.00. The van der Waals surface area contributed by atoms with Gasteiger partial charge in [-0.25, -0.2) is 0 Å². The summed E-state index contributed by atoms with van der Waals surface area (Å²) in [5.41, 5.74) is 3.32. The van der Waals surface area contributed by atoms with Crippen LogP contribution in [0.15, 0.2) is 54.6 Å². The summed E-state index contributed by atoms with van der Waals surface area (Å²) < 4.78 is 0. The molecule has 0 radical (unpaired) electrons. The maximum atomic E-state index is 10.8. The largest absolute Gasteiger partial charge is 0.355 e. The van der Waals surface area contributed by atoms with Gasteiger partial charge in [0.15, 0.2) is 0 Å². The quantitative estimate of drug-likeness (QED) is 0.668. The number of nitrogens with one attached hydrogen (secondary N) is 1. The Kier molecular flexibility index (Phi) is 4.97. The first-order valence-electron chi connectivity index (χ1n) is 6.65. The molecule has 0 aliphatic heterocycles. The normalized spacial score (nSPS) is 9.45. The highest BCUT2D eigenvalue weighted by Gasteiger charge is 2.00. The summed E-state index contributed by atoms with van der Waals surface area (Å²) in [6.45, 7) is 2.11. The van der Waals surface area contributed by atoms with Crippen LogP contribution in [0.1, 0.15) is 18.9 Å². The number of benzene rings is 2. The molecule has 0 saturated carbocycles. The van der Waals surface area contributed by atoms with Gasteiger partial charge in [0.1, 0.15) is 0 Å². The van der Waals surface area contributed by atoms with Crippen molar-refractivity contribution in [2.24, 2.45) is 0 Å². The molecule has 0 saturated heterocycles. The molecule has 0 aliphatic carbocycles. The number of amides is 1. The Hall–Kier alpha value is -2.53. The fourth-order valence-electron chi connectivity index (χ4n) is 1.92. The minimum atomic E-state index is -0.0171. The second-order valence-corrected chi connectivity index (χ2v) is 4.45. The Morgan fingerprint density at radius 1 is 1.05 bits per heavy atom. The summed E-state index contributed by atoms with van der Waals surface area (Å²) >= 11 is 0. The van der Waals surface area contributed by atoms with Crippen molar-refractivity contribution in [3.63, 3.8) is 0 Å². The molecular formula is C18H17NO. The zero-order chi connectivity index (χ0) is 14.2. The molecule has 0 heterocycles. The molecule has 0 aliphatic rings. The lowest BCUT2D eigenvalue weighted by Gasteiger charge is -2.04. The SMILES string of the molecule is CC(=O)NCCC#Cc1ccccc1-c1ccccc1. The van der Waals surface area contributed by atoms with Gasteiger partial charge >= 0.3 is 0 Å². The Morgan fingerprint density at radius 3 is 2.50 bits per heavy atom. The first kappa shape index (κ1) is 13.9. The number of hydrogen-bond donors (Lipinski definition) is 1. The fraction of sp³-hybridized carbons (Fsp3) is 0.167. The van der Waals surface area contributed by atoms with Gasteiger partial charge in [-0.05, 0) is 17.2 Å². The van der Waals surface area contributed by atoms with Crippen molar-refractivity contribution in [3.8, 4) is 23.0 Å². The predicted molar refractivity (Wildman–Crippen MR) is 82.1 cm³/mol. The van der Waals surface area contributed by atoms with Crippen LogP contribution in [0.25, 0.3) is 11.1 Å². The smallest absolute Gasteiger partial charge is 0.216 e. The van der Waals surface area contributed by atoms with Crippen LogP contribution in [0.5, 0.6) is 0 Å². The van der Waals surface area contributed by atoms with Crippen LogP contribution < -0.4 is 5.32 Å². The number of rotatable bonds is 3. The lowest BCUT2D eigenvalue weighted by molar-refractivity contribution is -0.118. The van der Waals surface area contributed by atoms with Crippen LogP contribution in [0.4, 0.5) is 0 Å². The third kappa shape index (κ3) is 4.00. The Bertz CT molecular complexity index is 635. The average Bonchev–Trinajstić information content (AvgIpc) is 2.48. The van der Waals surface area contributed by atoms with E-state index in [1.54, 1.807) is 0 Å². The molecule has 0 spiro atoms. The molecule has 20 heavy (non-hydrogen) atoms. The van der Waals surface area contributed by atoms with E-state index in [2.05, 4.69) is 35.4 Å². The van der Waals surface area contributed by atoms with Gasteiger partial charge in [0.2, 0.25) is 5.91 Å². The van der Waals surface area contributed by atoms with Crippen molar-refractivity contribution in [1.82, 2.24) is 5.32 Å². The standard InChI is InChI=1S/C18H17NO/c1-15(20)19-14-8-7-12-17-11-5-6-13-18(17)16-9-3-2-4-10-16/h2-6,9-11,13H,8,14H2,1H3,(H,19,20). The predicted octanol–water partition coefficient (Wildman–Crippen LogP) is 3.23. The lowest BCUT2D eigenvalue weighted by Crippen LogP contribution is -2.20. The summed E-state index contributed by atoms with van der Waals surface area (Å²) in [5.74, 6) is 6.27. The van der Waals surface area contributed by atoms with Gasteiger partial charge in [-0.3, -0.25) is 4.79 Å². The molecule has 100 valence electrons. The van der Waals surface area contributed by atoms with Crippen molar-refractivity contribution in [3.05, 3.63) is 60.2 Å². The van der Waals surface area contributed by atoms with Crippen molar-refractivity contribution >= 4 is 5.91 Å². The van der Waals surface area contributed by atoms with E-state index in [1.807, 2.05) is 36.4 Å². The molecule has 1 N–H and O–H groups in total.